The average molecular weight is 466 g/mol. The van der Waals surface area contributed by atoms with E-state index in [1.807, 2.05) is 54.6 Å². The minimum Gasteiger partial charge on any atom is -0.459 e. The van der Waals surface area contributed by atoms with Gasteiger partial charge in [0.1, 0.15) is 24.1 Å². The molecule has 3 rings (SSSR count). The lowest BCUT2D eigenvalue weighted by Crippen LogP contribution is -2.45. The van der Waals surface area contributed by atoms with Gasteiger partial charge in [-0.1, -0.05) is 62.2 Å². The molecule has 1 amide bonds. The predicted molar refractivity (Wildman–Crippen MR) is 132 cm³/mol. The van der Waals surface area contributed by atoms with Gasteiger partial charge in [0.2, 0.25) is 0 Å². The number of aromatic nitrogens is 2. The number of esters is 1. The maximum atomic E-state index is 13.1. The maximum absolute atomic E-state index is 13.1. The summed E-state index contributed by atoms with van der Waals surface area (Å²) in [5.74, 6) is 0.205. The molecule has 0 aliphatic carbocycles. The quantitative estimate of drug-likeness (QED) is 0.320. The number of imidazole rings is 1. The molecule has 0 aliphatic heterocycles. The van der Waals surface area contributed by atoms with Crippen LogP contribution in [0.25, 0.3) is 11.0 Å². The summed E-state index contributed by atoms with van der Waals surface area (Å²) >= 11 is 0. The molecular weight excluding hydrogens is 430 g/mol. The van der Waals surface area contributed by atoms with Crippen molar-refractivity contribution in [2.75, 3.05) is 0 Å². The zero-order chi connectivity index (χ0) is 24.6. The number of carbonyl (C=O) groups excluding carboxylic acids is 2. The van der Waals surface area contributed by atoms with E-state index in [9.17, 15) is 9.59 Å². The van der Waals surface area contributed by atoms with Crippen molar-refractivity contribution < 1.29 is 19.1 Å². The second-order valence-corrected chi connectivity index (χ2v) is 9.37. The molecule has 0 saturated heterocycles. The molecule has 2 aromatic carbocycles. The normalized spacial score (nSPS) is 12.4. The van der Waals surface area contributed by atoms with Crippen molar-refractivity contribution in [3.63, 3.8) is 0 Å². The van der Waals surface area contributed by atoms with Gasteiger partial charge in [-0.3, -0.25) is 0 Å². The Morgan fingerprint density at radius 1 is 1.03 bits per heavy atom. The lowest BCUT2D eigenvalue weighted by atomic mass is 10.2. The number of amides is 1. The first-order valence-electron chi connectivity index (χ1n) is 11.9. The molecule has 1 atom stereocenters. The molecule has 0 saturated carbocycles. The fourth-order valence-corrected chi connectivity index (χ4v) is 3.71. The lowest BCUT2D eigenvalue weighted by Gasteiger charge is -2.23. The van der Waals surface area contributed by atoms with Crippen LogP contribution in [0.4, 0.5) is 4.79 Å². The van der Waals surface area contributed by atoms with E-state index in [1.165, 1.54) is 0 Å². The molecule has 0 aliphatic rings. The molecule has 1 N–H and O–H groups in total. The standard InChI is InChI=1S/C27H35N3O4/c1-5-6-12-17-30-23-16-11-10-15-21(23)28-24(30)18-22(29-26(32)34-27(2,3)4)25(31)33-19-20-13-8-7-9-14-20/h7-11,13-16,22H,5-6,12,17-19H2,1-4H3,(H,29,32)/t22-/m0/s1. The minimum absolute atomic E-state index is 0.124. The van der Waals surface area contributed by atoms with E-state index in [4.69, 9.17) is 14.5 Å². The Hall–Kier alpha value is -3.35. The number of nitrogens with one attached hydrogen (secondary N) is 1. The Kier molecular flexibility index (Phi) is 8.68. The fourth-order valence-electron chi connectivity index (χ4n) is 3.71. The summed E-state index contributed by atoms with van der Waals surface area (Å²) in [5.41, 5.74) is 2.07. The van der Waals surface area contributed by atoms with Crippen molar-refractivity contribution >= 4 is 23.1 Å². The number of carbonyl (C=O) groups is 2. The molecule has 182 valence electrons. The molecule has 0 fully saturated rings. The fraction of sp³-hybridized carbons (Fsp3) is 0.444. The largest absolute Gasteiger partial charge is 0.459 e. The second kappa shape index (κ2) is 11.7. The number of hydrogen-bond donors (Lipinski definition) is 1. The van der Waals surface area contributed by atoms with Crippen LogP contribution in [0.5, 0.6) is 0 Å². The number of benzene rings is 2. The smallest absolute Gasteiger partial charge is 0.408 e. The predicted octanol–water partition coefficient (Wildman–Crippen LogP) is 5.41. The highest BCUT2D eigenvalue weighted by molar-refractivity contribution is 5.82. The molecular formula is C27H35N3O4. The Balaban J connectivity index is 1.83. The molecule has 7 heteroatoms. The molecule has 0 unspecified atom stereocenters. The van der Waals surface area contributed by atoms with Crippen LogP contribution in [0, 0.1) is 0 Å². The van der Waals surface area contributed by atoms with Crippen LogP contribution in [0.3, 0.4) is 0 Å². The van der Waals surface area contributed by atoms with Crippen LogP contribution in [-0.2, 0) is 33.8 Å². The number of aryl methyl sites for hydroxylation is 1. The lowest BCUT2D eigenvalue weighted by molar-refractivity contribution is -0.147. The van der Waals surface area contributed by atoms with E-state index in [0.717, 1.165) is 48.2 Å². The van der Waals surface area contributed by atoms with Gasteiger partial charge in [-0.25, -0.2) is 14.6 Å². The van der Waals surface area contributed by atoms with E-state index in [1.54, 1.807) is 20.8 Å². The van der Waals surface area contributed by atoms with Crippen LogP contribution in [-0.4, -0.2) is 33.3 Å². The Labute approximate surface area is 201 Å². The van der Waals surface area contributed by atoms with Gasteiger partial charge >= 0.3 is 12.1 Å². The number of nitrogens with zero attached hydrogens (tertiary/aromatic N) is 2. The first-order valence-corrected chi connectivity index (χ1v) is 11.9. The Morgan fingerprint density at radius 3 is 2.44 bits per heavy atom. The van der Waals surface area contributed by atoms with Crippen LogP contribution in [0.1, 0.15) is 58.3 Å². The third-order valence-corrected chi connectivity index (χ3v) is 5.30. The number of unbranched alkanes of at least 4 members (excludes halogenated alkanes) is 2. The van der Waals surface area contributed by atoms with Crippen LogP contribution in [0.2, 0.25) is 0 Å². The van der Waals surface area contributed by atoms with E-state index in [2.05, 4.69) is 16.8 Å². The van der Waals surface area contributed by atoms with Gasteiger partial charge in [0.15, 0.2) is 0 Å². The van der Waals surface area contributed by atoms with Crippen molar-refractivity contribution in [3.8, 4) is 0 Å². The van der Waals surface area contributed by atoms with Crippen LogP contribution < -0.4 is 5.32 Å². The number of ether oxygens (including phenoxy) is 2. The Bertz CT molecular complexity index is 1090. The van der Waals surface area contributed by atoms with Crippen molar-refractivity contribution in [1.29, 1.82) is 0 Å². The third kappa shape index (κ3) is 7.33. The Morgan fingerprint density at radius 2 is 1.74 bits per heavy atom. The maximum Gasteiger partial charge on any atom is 0.408 e. The van der Waals surface area contributed by atoms with Crippen LogP contribution >= 0.6 is 0 Å². The number of para-hydroxylation sites is 2. The summed E-state index contributed by atoms with van der Waals surface area (Å²) in [6, 6.07) is 16.4. The monoisotopic (exact) mass is 465 g/mol. The molecule has 34 heavy (non-hydrogen) atoms. The highest BCUT2D eigenvalue weighted by Gasteiger charge is 2.28. The molecule has 3 aromatic rings. The SMILES string of the molecule is CCCCCn1c(C[C@H](NC(=O)OC(C)(C)C)C(=O)OCc2ccccc2)nc2ccccc21. The number of alkyl carbamates (subject to hydrolysis) is 1. The van der Waals surface area contributed by atoms with E-state index in [-0.39, 0.29) is 13.0 Å². The first-order chi connectivity index (χ1) is 16.3. The van der Waals surface area contributed by atoms with Gasteiger partial charge in [-0.2, -0.15) is 0 Å². The number of rotatable bonds is 10. The number of hydrogen-bond acceptors (Lipinski definition) is 5. The third-order valence-electron chi connectivity index (χ3n) is 5.30. The second-order valence-electron chi connectivity index (χ2n) is 9.37. The highest BCUT2D eigenvalue weighted by Crippen LogP contribution is 2.19. The van der Waals surface area contributed by atoms with Crippen molar-refractivity contribution in [2.45, 2.75) is 78.2 Å². The van der Waals surface area contributed by atoms with Gasteiger partial charge in [0.05, 0.1) is 11.0 Å². The molecule has 0 radical (unpaired) electrons. The summed E-state index contributed by atoms with van der Waals surface area (Å²) in [6.07, 6.45) is 2.75. The number of fused-ring (bicyclic) bond motifs is 1. The minimum atomic E-state index is -0.930. The molecule has 1 aromatic heterocycles. The summed E-state index contributed by atoms with van der Waals surface area (Å²) in [6.45, 7) is 8.42. The topological polar surface area (TPSA) is 82.5 Å². The van der Waals surface area contributed by atoms with Gasteiger partial charge in [0, 0.05) is 13.0 Å². The van der Waals surface area contributed by atoms with E-state index in [0.29, 0.717) is 0 Å². The van der Waals surface area contributed by atoms with E-state index < -0.39 is 23.7 Å². The molecule has 7 nitrogen and oxygen atoms in total. The molecule has 1 heterocycles. The zero-order valence-corrected chi connectivity index (χ0v) is 20.5. The molecule has 0 spiro atoms. The summed E-state index contributed by atoms with van der Waals surface area (Å²) in [7, 11) is 0. The highest BCUT2D eigenvalue weighted by atomic mass is 16.6. The van der Waals surface area contributed by atoms with Crippen LogP contribution in [0.15, 0.2) is 54.6 Å². The van der Waals surface area contributed by atoms with Gasteiger partial charge in [-0.05, 0) is 44.9 Å². The molecule has 0 bridgehead atoms. The summed E-state index contributed by atoms with van der Waals surface area (Å²) in [4.78, 5) is 30.4. The first kappa shape index (κ1) is 25.3. The van der Waals surface area contributed by atoms with Crippen molar-refractivity contribution in [1.82, 2.24) is 14.9 Å². The summed E-state index contributed by atoms with van der Waals surface area (Å²) in [5, 5.41) is 2.71. The van der Waals surface area contributed by atoms with Gasteiger partial charge in [-0.15, -0.1) is 0 Å². The zero-order valence-electron chi connectivity index (χ0n) is 20.5. The van der Waals surface area contributed by atoms with Gasteiger partial charge < -0.3 is 19.4 Å². The van der Waals surface area contributed by atoms with E-state index >= 15 is 0 Å². The summed E-state index contributed by atoms with van der Waals surface area (Å²) < 4.78 is 13.1. The van der Waals surface area contributed by atoms with Crippen molar-refractivity contribution in [2.24, 2.45) is 0 Å². The average Bonchev–Trinajstić information content (AvgIpc) is 3.14. The van der Waals surface area contributed by atoms with Gasteiger partial charge in [0.25, 0.3) is 0 Å². The van der Waals surface area contributed by atoms with Crippen molar-refractivity contribution in [3.05, 3.63) is 66.0 Å².